The summed E-state index contributed by atoms with van der Waals surface area (Å²) in [5.74, 6) is -0.0625. The van der Waals surface area contributed by atoms with Crippen LogP contribution in [0, 0.1) is 6.07 Å². The summed E-state index contributed by atoms with van der Waals surface area (Å²) in [6.07, 6.45) is 2.61. The molecule has 0 fully saturated rings. The van der Waals surface area contributed by atoms with Crippen LogP contribution in [0.5, 0.6) is 0 Å². The molecule has 0 saturated heterocycles. The van der Waals surface area contributed by atoms with Gasteiger partial charge in [0, 0.05) is 37.3 Å². The van der Waals surface area contributed by atoms with Crippen molar-refractivity contribution in [2.75, 3.05) is 0 Å². The van der Waals surface area contributed by atoms with Crippen LogP contribution >= 0.6 is 10.2 Å². The van der Waals surface area contributed by atoms with Crippen LogP contribution in [0.1, 0.15) is 13.8 Å². The Morgan fingerprint density at radius 3 is 2.04 bits per heavy atom. The molecule has 0 aliphatic heterocycles. The molecule has 1 radical (unpaired) electrons. The van der Waals surface area contributed by atoms with Crippen LogP contribution in [0.25, 0.3) is 11.3 Å². The Bertz CT molecular complexity index is 774. The van der Waals surface area contributed by atoms with E-state index < -0.39 is 15.1 Å². The van der Waals surface area contributed by atoms with E-state index in [0.29, 0.717) is 11.8 Å². The Morgan fingerprint density at radius 2 is 1.73 bits per heavy atom. The van der Waals surface area contributed by atoms with Gasteiger partial charge in [0.15, 0.2) is 5.78 Å². The van der Waals surface area contributed by atoms with Gasteiger partial charge in [-0.25, -0.2) is 0 Å². The number of allylic oxidation sites excluding steroid dienone is 2. The van der Waals surface area contributed by atoms with E-state index >= 15 is 0 Å². The fourth-order valence-electron chi connectivity index (χ4n) is 1.63. The molecule has 1 aromatic carbocycles. The summed E-state index contributed by atoms with van der Waals surface area (Å²) in [6.45, 7) is 2.85. The number of benzene rings is 1. The number of ketones is 1. The predicted molar refractivity (Wildman–Crippen MR) is 87.0 cm³/mol. The zero-order chi connectivity index (χ0) is 19.4. The van der Waals surface area contributed by atoms with E-state index in [-0.39, 0.29) is 43.3 Å². The van der Waals surface area contributed by atoms with Crippen molar-refractivity contribution >= 4 is 16.0 Å². The van der Waals surface area contributed by atoms with Gasteiger partial charge in [0.05, 0.1) is 5.76 Å². The molecule has 3 nitrogen and oxygen atoms in total. The first-order chi connectivity index (χ1) is 11.2. The maximum atomic E-state index is 12.4. The van der Waals surface area contributed by atoms with Crippen molar-refractivity contribution in [3.05, 3.63) is 60.5 Å². The van der Waals surface area contributed by atoms with Gasteiger partial charge in [-0.3, -0.25) is 4.79 Å². The number of hydrogen-bond donors (Lipinski definition) is 1. The Labute approximate surface area is 161 Å². The van der Waals surface area contributed by atoms with Gasteiger partial charge in [0.1, 0.15) is 0 Å². The molecule has 0 aliphatic carbocycles. The van der Waals surface area contributed by atoms with Crippen LogP contribution in [0.3, 0.4) is 0 Å². The summed E-state index contributed by atoms with van der Waals surface area (Å²) in [4.78, 5) is 12.0. The van der Waals surface area contributed by atoms with Crippen molar-refractivity contribution in [3.63, 3.8) is 0 Å². The number of aromatic nitrogens is 1. The van der Waals surface area contributed by atoms with Gasteiger partial charge < -0.3 is 10.1 Å². The van der Waals surface area contributed by atoms with Crippen LogP contribution in [0.15, 0.2) is 59.3 Å². The van der Waals surface area contributed by atoms with E-state index in [2.05, 4.69) is 11.1 Å². The first kappa shape index (κ1) is 24.2. The summed E-state index contributed by atoms with van der Waals surface area (Å²) >= 11 is 0. The third kappa shape index (κ3) is 8.55. The van der Waals surface area contributed by atoms with Gasteiger partial charge in [-0.15, -0.1) is 49.3 Å². The molecule has 0 atom stereocenters. The van der Waals surface area contributed by atoms with E-state index in [1.807, 2.05) is 0 Å². The molecule has 2 aromatic rings. The van der Waals surface area contributed by atoms with Crippen molar-refractivity contribution in [1.82, 2.24) is 4.98 Å². The number of hydrogen-bond acceptors (Lipinski definition) is 3. The van der Waals surface area contributed by atoms with Gasteiger partial charge in [-0.05, 0) is 25.6 Å². The molecule has 1 N–H and O–H groups in total. The smallest absolute Gasteiger partial charge is 0.283 e. The maximum absolute atomic E-state index is 12.4. The molecule has 0 aliphatic rings. The molecule has 0 spiro atoms. The average molecular weight is 573 g/mol. The Balaban J connectivity index is 0.000000673. The molecule has 0 saturated carbocycles. The number of aliphatic hydroxyl groups is 1. The molecule has 0 unspecified atom stereocenters. The van der Waals surface area contributed by atoms with Crippen molar-refractivity contribution in [1.29, 1.82) is 0 Å². The molecule has 1 heterocycles. The van der Waals surface area contributed by atoms with Gasteiger partial charge in [-0.1, -0.05) is 12.1 Å². The molecule has 1 aromatic heterocycles. The summed E-state index contributed by atoms with van der Waals surface area (Å²) in [5, 5.41) is 8.36. The number of aliphatic hydroxyl groups excluding tert-OH is 1. The minimum atomic E-state index is -9.61. The number of nitrogens with zero attached hydrogens (tertiary/aromatic N) is 1. The standard InChI is InChI=1S/C11H7F5NS.C5H8O2.Ir/c12-18(13,14,15,16)10-6-4-9(5-7-10)11-3-1-2-8-17-11;1-4(6)3-5(2)7;/h1-4,6-8H;3,6H,1-2H3;/q-1;;. The van der Waals surface area contributed by atoms with Crippen LogP contribution < -0.4 is 0 Å². The van der Waals surface area contributed by atoms with Crippen molar-refractivity contribution in [2.45, 2.75) is 18.7 Å². The monoisotopic (exact) mass is 573 g/mol. The number of carbonyl (C=O) groups excluding carboxylic acids is 1. The molecule has 0 amide bonds. The van der Waals surface area contributed by atoms with Crippen molar-refractivity contribution in [3.8, 4) is 11.3 Å². The van der Waals surface area contributed by atoms with Gasteiger partial charge in [0.2, 0.25) is 0 Å². The van der Waals surface area contributed by atoms with Crippen molar-refractivity contribution in [2.24, 2.45) is 0 Å². The van der Waals surface area contributed by atoms with E-state index in [1.165, 1.54) is 26.1 Å². The SMILES string of the molecule is CC(=O)C=C(C)O.FS(F)(F)(F)(F)c1c[c-]c(-c2ccccn2)cc1.[Ir]. The fraction of sp³-hybridized carbons (Fsp3) is 0.125. The normalized spacial score (nSPS) is 14.0. The van der Waals surface area contributed by atoms with Crippen LogP contribution in [0.2, 0.25) is 0 Å². The molecular formula is C16H15F5IrNO2S-. The van der Waals surface area contributed by atoms with Crippen LogP contribution in [0.4, 0.5) is 19.4 Å². The van der Waals surface area contributed by atoms with Crippen LogP contribution in [-0.4, -0.2) is 15.9 Å². The largest absolute Gasteiger partial charge is 0.512 e. The summed E-state index contributed by atoms with van der Waals surface area (Å²) in [7, 11) is -9.61. The summed E-state index contributed by atoms with van der Waals surface area (Å²) < 4.78 is 62.2. The van der Waals surface area contributed by atoms with E-state index in [1.54, 1.807) is 18.2 Å². The minimum absolute atomic E-state index is 0. The zero-order valence-electron chi connectivity index (χ0n) is 13.6. The Kier molecular flexibility index (Phi) is 7.32. The summed E-state index contributed by atoms with van der Waals surface area (Å²) in [6, 6.07) is 8.52. The quantitative estimate of drug-likeness (QED) is 0.205. The number of rotatable bonds is 3. The zero-order valence-corrected chi connectivity index (χ0v) is 16.8. The molecule has 26 heavy (non-hydrogen) atoms. The van der Waals surface area contributed by atoms with E-state index in [9.17, 15) is 24.2 Å². The topological polar surface area (TPSA) is 50.2 Å². The molecule has 10 heteroatoms. The van der Waals surface area contributed by atoms with Gasteiger partial charge in [-0.2, -0.15) is 0 Å². The number of halogens is 5. The van der Waals surface area contributed by atoms with Gasteiger partial charge in [0.25, 0.3) is 10.2 Å². The first-order valence-electron chi connectivity index (χ1n) is 6.74. The minimum Gasteiger partial charge on any atom is -0.512 e. The molecule has 2 rings (SSSR count). The average Bonchev–Trinajstić information content (AvgIpc) is 2.45. The summed E-state index contributed by atoms with van der Waals surface area (Å²) in [5.41, 5.74) is 0.590. The number of pyridine rings is 1. The van der Waals surface area contributed by atoms with Crippen molar-refractivity contribution < 1.29 is 49.4 Å². The van der Waals surface area contributed by atoms with Crippen LogP contribution in [-0.2, 0) is 24.9 Å². The second-order valence-corrected chi connectivity index (χ2v) is 7.43. The predicted octanol–water partition coefficient (Wildman–Crippen LogP) is 6.24. The molecular weight excluding hydrogens is 557 g/mol. The van der Waals surface area contributed by atoms with E-state index in [0.717, 1.165) is 6.07 Å². The maximum Gasteiger partial charge on any atom is 0.283 e. The Hall–Kier alpha value is -1.77. The second kappa shape index (κ2) is 7.85. The molecule has 0 bridgehead atoms. The Morgan fingerprint density at radius 1 is 1.12 bits per heavy atom. The fourth-order valence-corrected chi connectivity index (χ4v) is 2.23. The van der Waals surface area contributed by atoms with Gasteiger partial charge >= 0.3 is 0 Å². The number of carbonyl (C=O) groups is 1. The second-order valence-electron chi connectivity index (χ2n) is 5.02. The molecule has 147 valence electrons. The third-order valence-electron chi connectivity index (χ3n) is 2.58. The first-order valence-corrected chi connectivity index (χ1v) is 8.69. The van der Waals surface area contributed by atoms with E-state index in [4.69, 9.17) is 5.11 Å². The third-order valence-corrected chi connectivity index (χ3v) is 3.73.